The number of hydrogen-bond acceptors (Lipinski definition) is 6. The van der Waals surface area contributed by atoms with Gasteiger partial charge in [0.2, 0.25) is 5.91 Å². The zero-order chi connectivity index (χ0) is 21.5. The predicted molar refractivity (Wildman–Crippen MR) is 127 cm³/mol. The van der Waals surface area contributed by atoms with E-state index >= 15 is 0 Å². The maximum absolute atomic E-state index is 12.4. The summed E-state index contributed by atoms with van der Waals surface area (Å²) < 4.78 is 2.15. The molecule has 1 aliphatic rings. The van der Waals surface area contributed by atoms with E-state index in [0.29, 0.717) is 10.9 Å². The van der Waals surface area contributed by atoms with Crippen LogP contribution >= 0.6 is 23.1 Å². The van der Waals surface area contributed by atoms with Gasteiger partial charge >= 0.3 is 0 Å². The number of carbonyl (C=O) groups excluding carboxylic acids is 1. The summed E-state index contributed by atoms with van der Waals surface area (Å²) in [4.78, 5) is 17.0. The third kappa shape index (κ3) is 5.95. The standard InChI is InChI=1S/C23H29N5OS2/c1-2-28-20(14-13-17-9-5-3-6-10-17)26-27-23(28)31-16-21(29)25-22-24-19(15-30-22)18-11-7-4-8-12-18/h4,7-8,11-12,15,17H,2-3,5-6,9-10,13-14,16H2,1H3,(H,24,25,29). The van der Waals surface area contributed by atoms with Gasteiger partial charge < -0.3 is 9.88 Å². The van der Waals surface area contributed by atoms with E-state index in [4.69, 9.17) is 0 Å². The topological polar surface area (TPSA) is 72.7 Å². The SMILES string of the molecule is CCn1c(CCC2CCCCC2)nnc1SCC(=O)Nc1nc(-c2ccccc2)cs1. The first-order chi connectivity index (χ1) is 15.2. The van der Waals surface area contributed by atoms with Gasteiger partial charge in [-0.15, -0.1) is 21.5 Å². The van der Waals surface area contributed by atoms with E-state index in [-0.39, 0.29) is 5.91 Å². The highest BCUT2D eigenvalue weighted by Gasteiger charge is 2.17. The number of hydrogen-bond donors (Lipinski definition) is 1. The number of nitrogens with one attached hydrogen (secondary N) is 1. The monoisotopic (exact) mass is 455 g/mol. The average Bonchev–Trinajstić information content (AvgIpc) is 3.44. The molecule has 0 atom stereocenters. The van der Waals surface area contributed by atoms with Gasteiger partial charge in [0.1, 0.15) is 5.82 Å². The molecule has 1 fully saturated rings. The van der Waals surface area contributed by atoms with Gasteiger partial charge in [0.15, 0.2) is 10.3 Å². The van der Waals surface area contributed by atoms with E-state index in [2.05, 4.69) is 32.0 Å². The normalized spacial score (nSPS) is 14.6. The smallest absolute Gasteiger partial charge is 0.236 e. The van der Waals surface area contributed by atoms with E-state index in [1.54, 1.807) is 0 Å². The number of nitrogens with zero attached hydrogens (tertiary/aromatic N) is 4. The Bertz CT molecular complexity index is 979. The number of carbonyl (C=O) groups is 1. The molecule has 0 unspecified atom stereocenters. The van der Waals surface area contributed by atoms with Crippen LogP contribution in [-0.4, -0.2) is 31.4 Å². The first kappa shape index (κ1) is 22.0. The molecule has 1 aromatic carbocycles. The molecule has 0 radical (unpaired) electrons. The van der Waals surface area contributed by atoms with Crippen molar-refractivity contribution in [3.05, 3.63) is 41.5 Å². The number of benzene rings is 1. The molecule has 4 rings (SSSR count). The Morgan fingerprint density at radius 3 is 2.77 bits per heavy atom. The first-order valence-electron chi connectivity index (χ1n) is 11.1. The highest BCUT2D eigenvalue weighted by molar-refractivity contribution is 7.99. The van der Waals surface area contributed by atoms with E-state index in [9.17, 15) is 4.79 Å². The largest absolute Gasteiger partial charge is 0.306 e. The van der Waals surface area contributed by atoms with Crippen molar-refractivity contribution >= 4 is 34.1 Å². The number of amides is 1. The molecule has 0 aliphatic heterocycles. The molecule has 164 valence electrons. The van der Waals surface area contributed by atoms with Gasteiger partial charge in [-0.2, -0.15) is 0 Å². The molecule has 0 bridgehead atoms. The first-order valence-corrected chi connectivity index (χ1v) is 12.9. The number of thiazole rings is 1. The molecular weight excluding hydrogens is 426 g/mol. The van der Waals surface area contributed by atoms with Gasteiger partial charge in [-0.25, -0.2) is 4.98 Å². The second-order valence-electron chi connectivity index (χ2n) is 7.93. The van der Waals surface area contributed by atoms with Crippen molar-refractivity contribution < 1.29 is 4.79 Å². The highest BCUT2D eigenvalue weighted by atomic mass is 32.2. The summed E-state index contributed by atoms with van der Waals surface area (Å²) in [6.07, 6.45) is 8.99. The van der Waals surface area contributed by atoms with Gasteiger partial charge in [-0.3, -0.25) is 4.79 Å². The summed E-state index contributed by atoms with van der Waals surface area (Å²) in [6, 6.07) is 9.97. The van der Waals surface area contributed by atoms with E-state index in [1.807, 2.05) is 35.7 Å². The lowest BCUT2D eigenvalue weighted by atomic mass is 9.86. The van der Waals surface area contributed by atoms with Crippen molar-refractivity contribution in [2.45, 2.75) is 63.6 Å². The van der Waals surface area contributed by atoms with Crippen LogP contribution in [0.2, 0.25) is 0 Å². The van der Waals surface area contributed by atoms with E-state index in [1.165, 1.54) is 61.6 Å². The number of thioether (sulfide) groups is 1. The minimum atomic E-state index is -0.0756. The van der Waals surface area contributed by atoms with Gasteiger partial charge in [0, 0.05) is 23.9 Å². The summed E-state index contributed by atoms with van der Waals surface area (Å²) in [7, 11) is 0. The summed E-state index contributed by atoms with van der Waals surface area (Å²) in [5, 5.41) is 15.1. The van der Waals surface area contributed by atoms with Crippen molar-refractivity contribution in [2.75, 3.05) is 11.1 Å². The van der Waals surface area contributed by atoms with Crippen molar-refractivity contribution in [3.8, 4) is 11.3 Å². The van der Waals surface area contributed by atoms with Crippen molar-refractivity contribution in [3.63, 3.8) is 0 Å². The minimum Gasteiger partial charge on any atom is -0.306 e. The third-order valence-corrected chi connectivity index (χ3v) is 7.49. The third-order valence-electron chi connectivity index (χ3n) is 5.76. The van der Waals surface area contributed by atoms with Gasteiger partial charge in [0.25, 0.3) is 0 Å². The number of aryl methyl sites for hydroxylation is 1. The van der Waals surface area contributed by atoms with Gasteiger partial charge in [-0.05, 0) is 19.3 Å². The molecule has 1 saturated carbocycles. The number of aromatic nitrogens is 4. The van der Waals surface area contributed by atoms with Crippen LogP contribution in [-0.2, 0) is 17.8 Å². The molecule has 1 amide bonds. The Labute approximate surface area is 191 Å². The Kier molecular flexibility index (Phi) is 7.75. The van der Waals surface area contributed by atoms with Crippen LogP contribution in [0.5, 0.6) is 0 Å². The highest BCUT2D eigenvalue weighted by Crippen LogP contribution is 2.28. The molecule has 1 N–H and O–H groups in total. The lowest BCUT2D eigenvalue weighted by molar-refractivity contribution is -0.113. The molecule has 0 spiro atoms. The maximum atomic E-state index is 12.4. The van der Waals surface area contributed by atoms with E-state index < -0.39 is 0 Å². The second-order valence-corrected chi connectivity index (χ2v) is 9.73. The molecule has 3 aromatic rings. The van der Waals surface area contributed by atoms with Crippen LogP contribution in [0.4, 0.5) is 5.13 Å². The van der Waals surface area contributed by atoms with Crippen molar-refractivity contribution in [1.29, 1.82) is 0 Å². The van der Waals surface area contributed by atoms with Crippen LogP contribution < -0.4 is 5.32 Å². The molecule has 2 heterocycles. The molecule has 0 saturated heterocycles. The molecule has 8 heteroatoms. The van der Waals surface area contributed by atoms with Gasteiger partial charge in [-0.1, -0.05) is 74.2 Å². The fraction of sp³-hybridized carbons (Fsp3) is 0.478. The van der Waals surface area contributed by atoms with Crippen LogP contribution in [0.3, 0.4) is 0 Å². The van der Waals surface area contributed by atoms with E-state index in [0.717, 1.165) is 41.1 Å². The summed E-state index contributed by atoms with van der Waals surface area (Å²) in [5.41, 5.74) is 1.92. The summed E-state index contributed by atoms with van der Waals surface area (Å²) in [5.74, 6) is 2.09. The number of anilines is 1. The summed E-state index contributed by atoms with van der Waals surface area (Å²) in [6.45, 7) is 2.93. The zero-order valence-electron chi connectivity index (χ0n) is 17.9. The fourth-order valence-corrected chi connectivity index (χ4v) is 5.65. The predicted octanol–water partition coefficient (Wildman–Crippen LogP) is 5.67. The van der Waals surface area contributed by atoms with Gasteiger partial charge in [0.05, 0.1) is 11.4 Å². The Morgan fingerprint density at radius 1 is 1.19 bits per heavy atom. The van der Waals surface area contributed by atoms with Crippen molar-refractivity contribution in [1.82, 2.24) is 19.7 Å². The van der Waals surface area contributed by atoms with Crippen LogP contribution in [0.15, 0.2) is 40.9 Å². The second kappa shape index (κ2) is 10.9. The number of rotatable bonds is 9. The molecule has 31 heavy (non-hydrogen) atoms. The van der Waals surface area contributed by atoms with Crippen molar-refractivity contribution in [2.24, 2.45) is 5.92 Å². The quantitative estimate of drug-likeness (QED) is 0.421. The molecule has 1 aliphatic carbocycles. The zero-order valence-corrected chi connectivity index (χ0v) is 19.6. The Balaban J connectivity index is 1.29. The lowest BCUT2D eigenvalue weighted by Crippen LogP contribution is -2.14. The van der Waals surface area contributed by atoms with Crippen LogP contribution in [0.1, 0.15) is 51.3 Å². The maximum Gasteiger partial charge on any atom is 0.236 e. The Hall–Kier alpha value is -2.19. The molecule has 6 nitrogen and oxygen atoms in total. The van der Waals surface area contributed by atoms with Crippen LogP contribution in [0, 0.1) is 5.92 Å². The Morgan fingerprint density at radius 2 is 2.00 bits per heavy atom. The summed E-state index contributed by atoms with van der Waals surface area (Å²) >= 11 is 2.88. The molecule has 2 aromatic heterocycles. The lowest BCUT2D eigenvalue weighted by Gasteiger charge is -2.21. The van der Waals surface area contributed by atoms with Crippen LogP contribution in [0.25, 0.3) is 11.3 Å². The average molecular weight is 456 g/mol. The molecular formula is C23H29N5OS2. The fourth-order valence-electron chi connectivity index (χ4n) is 4.10. The minimum absolute atomic E-state index is 0.0756.